The molecule has 1 aliphatic rings. The van der Waals surface area contributed by atoms with Crippen LogP contribution in [0.15, 0.2) is 42.5 Å². The molecule has 0 spiro atoms. The van der Waals surface area contributed by atoms with Gasteiger partial charge in [0.15, 0.2) is 11.6 Å². The highest BCUT2D eigenvalue weighted by atomic mass is 19.1. The fourth-order valence-electron chi connectivity index (χ4n) is 3.36. The third-order valence-corrected chi connectivity index (χ3v) is 4.70. The molecule has 26 heavy (non-hydrogen) atoms. The summed E-state index contributed by atoms with van der Waals surface area (Å²) in [6.45, 7) is 1.19. The van der Waals surface area contributed by atoms with Crippen molar-refractivity contribution in [3.05, 3.63) is 65.0 Å². The van der Waals surface area contributed by atoms with E-state index in [4.69, 9.17) is 9.84 Å². The molecule has 1 aliphatic heterocycles. The third-order valence-electron chi connectivity index (χ3n) is 4.70. The number of para-hydroxylation sites is 1. The minimum absolute atomic E-state index is 0.0230. The molecule has 2 aromatic carbocycles. The maximum atomic E-state index is 13.8. The van der Waals surface area contributed by atoms with E-state index < -0.39 is 11.8 Å². The number of carboxylic acids is 1. The number of ether oxygens (including phenoxy) is 1. The normalized spacial score (nSPS) is 16.5. The summed E-state index contributed by atoms with van der Waals surface area (Å²) < 4.78 is 18.9. The summed E-state index contributed by atoms with van der Waals surface area (Å²) >= 11 is 0. The molecule has 0 bridgehead atoms. The first-order valence-corrected chi connectivity index (χ1v) is 8.43. The van der Waals surface area contributed by atoms with Crippen LogP contribution in [-0.4, -0.2) is 42.1 Å². The Labute approximate surface area is 151 Å². The Morgan fingerprint density at radius 1 is 1.23 bits per heavy atom. The maximum Gasteiger partial charge on any atom is 0.335 e. The highest BCUT2D eigenvalue weighted by molar-refractivity contribution is 5.97. The molecule has 136 valence electrons. The number of hydrogen-bond donors (Lipinski definition) is 1. The average molecular weight is 357 g/mol. The van der Waals surface area contributed by atoms with Crippen molar-refractivity contribution in [2.45, 2.75) is 12.8 Å². The van der Waals surface area contributed by atoms with Crippen LogP contribution in [0.1, 0.15) is 32.7 Å². The van der Waals surface area contributed by atoms with E-state index in [1.807, 2.05) is 12.1 Å². The van der Waals surface area contributed by atoms with Crippen molar-refractivity contribution < 1.29 is 23.8 Å². The fraction of sp³-hybridized carbons (Fsp3) is 0.300. The second-order valence-electron chi connectivity index (χ2n) is 6.43. The van der Waals surface area contributed by atoms with Gasteiger partial charge in [-0.25, -0.2) is 9.18 Å². The molecule has 6 heteroatoms. The minimum atomic E-state index is -0.946. The van der Waals surface area contributed by atoms with Gasteiger partial charge < -0.3 is 14.7 Å². The number of likely N-dealkylation sites (tertiary alicyclic amines) is 1. The second-order valence-corrected chi connectivity index (χ2v) is 6.43. The van der Waals surface area contributed by atoms with Crippen LogP contribution in [0.3, 0.4) is 0 Å². The van der Waals surface area contributed by atoms with E-state index in [1.165, 1.54) is 19.2 Å². The molecule has 0 radical (unpaired) electrons. The molecule has 1 amide bonds. The van der Waals surface area contributed by atoms with E-state index in [2.05, 4.69) is 0 Å². The van der Waals surface area contributed by atoms with E-state index in [0.717, 1.165) is 18.4 Å². The summed E-state index contributed by atoms with van der Waals surface area (Å²) in [5.74, 6) is -1.46. The van der Waals surface area contributed by atoms with Crippen LogP contribution >= 0.6 is 0 Å². The van der Waals surface area contributed by atoms with Gasteiger partial charge >= 0.3 is 5.97 Å². The van der Waals surface area contributed by atoms with Gasteiger partial charge in [-0.3, -0.25) is 4.79 Å². The summed E-state index contributed by atoms with van der Waals surface area (Å²) in [4.78, 5) is 25.3. The first-order valence-electron chi connectivity index (χ1n) is 8.43. The number of carbonyl (C=O) groups is 2. The number of hydrogen-bond acceptors (Lipinski definition) is 3. The zero-order valence-corrected chi connectivity index (χ0v) is 14.4. The quantitative estimate of drug-likeness (QED) is 0.892. The molecule has 1 atom stereocenters. The van der Waals surface area contributed by atoms with Crippen LogP contribution in [0, 0.1) is 11.7 Å². The smallest absolute Gasteiger partial charge is 0.335 e. The minimum Gasteiger partial charge on any atom is -0.493 e. The number of carboxylic acid groups (broad SMARTS) is 1. The van der Waals surface area contributed by atoms with Gasteiger partial charge in [-0.05, 0) is 48.6 Å². The maximum absolute atomic E-state index is 13.8. The Morgan fingerprint density at radius 3 is 2.62 bits per heavy atom. The largest absolute Gasteiger partial charge is 0.493 e. The van der Waals surface area contributed by atoms with E-state index >= 15 is 0 Å². The number of benzene rings is 2. The van der Waals surface area contributed by atoms with Gasteiger partial charge in [0.1, 0.15) is 0 Å². The third kappa shape index (κ3) is 3.69. The van der Waals surface area contributed by atoms with Crippen molar-refractivity contribution in [2.75, 3.05) is 20.2 Å². The summed E-state index contributed by atoms with van der Waals surface area (Å²) in [5.41, 5.74) is 1.53. The number of rotatable bonds is 5. The lowest BCUT2D eigenvalue weighted by molar-refractivity contribution is 0.0696. The van der Waals surface area contributed by atoms with Gasteiger partial charge in [0.25, 0.3) is 5.91 Å². The molecule has 1 N–H and O–H groups in total. The molecule has 0 aliphatic carbocycles. The topological polar surface area (TPSA) is 66.8 Å². The lowest BCUT2D eigenvalue weighted by atomic mass is 9.98. The molecule has 3 rings (SSSR count). The summed E-state index contributed by atoms with van der Waals surface area (Å²) in [7, 11) is 1.35. The highest BCUT2D eigenvalue weighted by Crippen LogP contribution is 2.27. The molecule has 2 aromatic rings. The van der Waals surface area contributed by atoms with Gasteiger partial charge in [0, 0.05) is 13.1 Å². The monoisotopic (exact) mass is 357 g/mol. The van der Waals surface area contributed by atoms with Gasteiger partial charge in [-0.15, -0.1) is 0 Å². The molecule has 1 unspecified atom stereocenters. The number of carbonyl (C=O) groups excluding carboxylic acids is 1. The molecular weight excluding hydrogens is 337 g/mol. The van der Waals surface area contributed by atoms with Crippen LogP contribution in [0.2, 0.25) is 0 Å². The molecular formula is C20H20FNO4. The highest BCUT2D eigenvalue weighted by Gasteiger charge is 2.29. The molecule has 0 aromatic heterocycles. The van der Waals surface area contributed by atoms with Crippen molar-refractivity contribution >= 4 is 11.9 Å². The van der Waals surface area contributed by atoms with Gasteiger partial charge in [-0.1, -0.05) is 18.2 Å². The standard InChI is InChI=1S/C20H20FNO4/c1-26-18-16(3-2-4-17(18)21)19(23)22-10-9-14(12-22)11-13-5-7-15(8-6-13)20(24)25/h2-8,14H,9-12H2,1H3,(H,24,25). The first kappa shape index (κ1) is 17.9. The average Bonchev–Trinajstić information content (AvgIpc) is 3.09. The van der Waals surface area contributed by atoms with E-state index in [-0.39, 0.29) is 28.7 Å². The lowest BCUT2D eigenvalue weighted by Crippen LogP contribution is -2.29. The zero-order valence-electron chi connectivity index (χ0n) is 14.4. The number of halogens is 1. The van der Waals surface area contributed by atoms with Crippen molar-refractivity contribution in [1.29, 1.82) is 0 Å². The van der Waals surface area contributed by atoms with Gasteiger partial charge in [-0.2, -0.15) is 0 Å². The Hall–Kier alpha value is -2.89. The molecule has 0 saturated carbocycles. The number of methoxy groups -OCH3 is 1. The second kappa shape index (κ2) is 7.56. The van der Waals surface area contributed by atoms with Crippen LogP contribution in [0.4, 0.5) is 4.39 Å². The van der Waals surface area contributed by atoms with Crippen molar-refractivity contribution in [1.82, 2.24) is 4.90 Å². The zero-order chi connectivity index (χ0) is 18.7. The van der Waals surface area contributed by atoms with Gasteiger partial charge in [0.2, 0.25) is 0 Å². The summed E-state index contributed by atoms with van der Waals surface area (Å²) in [5, 5.41) is 8.95. The SMILES string of the molecule is COc1c(F)cccc1C(=O)N1CCC(Cc2ccc(C(=O)O)cc2)C1. The number of amides is 1. The van der Waals surface area contributed by atoms with Crippen LogP contribution in [0.25, 0.3) is 0 Å². The predicted molar refractivity (Wildman–Crippen MR) is 94.1 cm³/mol. The Bertz CT molecular complexity index is 819. The van der Waals surface area contributed by atoms with Crippen LogP contribution < -0.4 is 4.74 Å². The molecule has 1 fully saturated rings. The number of aromatic carboxylic acids is 1. The van der Waals surface area contributed by atoms with Crippen LogP contribution in [-0.2, 0) is 6.42 Å². The molecule has 1 heterocycles. The fourth-order valence-corrected chi connectivity index (χ4v) is 3.36. The van der Waals surface area contributed by atoms with Crippen molar-refractivity contribution in [3.63, 3.8) is 0 Å². The van der Waals surface area contributed by atoms with Gasteiger partial charge in [0.05, 0.1) is 18.2 Å². The Kier molecular flexibility index (Phi) is 5.21. The van der Waals surface area contributed by atoms with E-state index in [0.29, 0.717) is 13.1 Å². The molecule has 5 nitrogen and oxygen atoms in total. The Balaban J connectivity index is 1.66. The summed E-state index contributed by atoms with van der Waals surface area (Å²) in [6, 6.07) is 11.1. The predicted octanol–water partition coefficient (Wildman–Crippen LogP) is 3.24. The van der Waals surface area contributed by atoms with E-state index in [9.17, 15) is 14.0 Å². The summed E-state index contributed by atoms with van der Waals surface area (Å²) in [6.07, 6.45) is 1.62. The lowest BCUT2D eigenvalue weighted by Gasteiger charge is -2.18. The first-order chi connectivity index (χ1) is 12.5. The number of nitrogens with zero attached hydrogens (tertiary/aromatic N) is 1. The molecule has 1 saturated heterocycles. The Morgan fingerprint density at radius 2 is 1.96 bits per heavy atom. The van der Waals surface area contributed by atoms with Crippen molar-refractivity contribution in [2.24, 2.45) is 5.92 Å². The van der Waals surface area contributed by atoms with Crippen LogP contribution in [0.5, 0.6) is 5.75 Å². The van der Waals surface area contributed by atoms with Crippen molar-refractivity contribution in [3.8, 4) is 5.75 Å². The van der Waals surface area contributed by atoms with E-state index in [1.54, 1.807) is 23.1 Å².